The summed E-state index contributed by atoms with van der Waals surface area (Å²) < 4.78 is 6.97. The van der Waals surface area contributed by atoms with Crippen LogP contribution in [0.25, 0.3) is 26.3 Å². The molecular weight excluding hydrogens is 428 g/mol. The highest BCUT2D eigenvalue weighted by Gasteiger charge is 2.17. The lowest BCUT2D eigenvalue weighted by atomic mass is 10.2. The van der Waals surface area contributed by atoms with Gasteiger partial charge in [0, 0.05) is 11.3 Å². The highest BCUT2D eigenvalue weighted by atomic mass is 32.2. The van der Waals surface area contributed by atoms with Crippen LogP contribution >= 0.6 is 23.1 Å². The predicted molar refractivity (Wildman–Crippen MR) is 124 cm³/mol. The lowest BCUT2D eigenvalue weighted by Crippen LogP contribution is -2.21. The van der Waals surface area contributed by atoms with Gasteiger partial charge in [-0.15, -0.1) is 11.3 Å². The molecule has 5 rings (SSSR count). The quantitative estimate of drug-likeness (QED) is 0.258. The molecule has 0 aliphatic rings. The lowest BCUT2D eigenvalue weighted by Gasteiger charge is -2.11. The standard InChI is InChI=1S/C23H18N4O2S2/c1-2-19-24-20(29-26-19)14-30-23-25-21-17(13-18(31-21)15-9-5-3-6-10-15)22(28)27(23)16-11-7-4-8-12-16/h3-13H,2,14H2,1H3. The average molecular weight is 447 g/mol. The summed E-state index contributed by atoms with van der Waals surface area (Å²) in [6.45, 7) is 1.98. The van der Waals surface area contributed by atoms with Crippen molar-refractivity contribution >= 4 is 33.3 Å². The predicted octanol–water partition coefficient (Wildman–Crippen LogP) is 5.35. The topological polar surface area (TPSA) is 73.8 Å². The number of nitrogens with zero attached hydrogens (tertiary/aromatic N) is 4. The van der Waals surface area contributed by atoms with Crippen molar-refractivity contribution in [2.75, 3.05) is 0 Å². The fraction of sp³-hybridized carbons (Fsp3) is 0.130. The fourth-order valence-electron chi connectivity index (χ4n) is 3.23. The Morgan fingerprint density at radius 3 is 2.48 bits per heavy atom. The first-order valence-electron chi connectivity index (χ1n) is 9.84. The van der Waals surface area contributed by atoms with Gasteiger partial charge in [0.2, 0.25) is 5.89 Å². The molecule has 0 saturated carbocycles. The first-order chi connectivity index (χ1) is 15.2. The number of rotatable bonds is 6. The van der Waals surface area contributed by atoms with E-state index in [1.54, 1.807) is 4.57 Å². The van der Waals surface area contributed by atoms with E-state index in [9.17, 15) is 4.79 Å². The van der Waals surface area contributed by atoms with Crippen molar-refractivity contribution in [3.63, 3.8) is 0 Å². The van der Waals surface area contributed by atoms with Crippen LogP contribution in [-0.2, 0) is 12.2 Å². The molecular formula is C23H18N4O2S2. The van der Waals surface area contributed by atoms with Gasteiger partial charge in [-0.25, -0.2) is 4.98 Å². The zero-order valence-electron chi connectivity index (χ0n) is 16.7. The van der Waals surface area contributed by atoms with Crippen LogP contribution < -0.4 is 5.56 Å². The first-order valence-corrected chi connectivity index (χ1v) is 11.6. The van der Waals surface area contributed by atoms with Crippen LogP contribution in [0.15, 0.2) is 81.2 Å². The van der Waals surface area contributed by atoms with Gasteiger partial charge in [-0.3, -0.25) is 9.36 Å². The first kappa shape index (κ1) is 19.7. The molecule has 0 aliphatic carbocycles. The van der Waals surface area contributed by atoms with Crippen LogP contribution in [0.4, 0.5) is 0 Å². The maximum atomic E-state index is 13.5. The number of aryl methyl sites for hydroxylation is 1. The van der Waals surface area contributed by atoms with Crippen LogP contribution in [0.1, 0.15) is 18.6 Å². The Morgan fingerprint density at radius 1 is 1.03 bits per heavy atom. The molecule has 3 aromatic heterocycles. The Kier molecular flexibility index (Phi) is 5.40. The van der Waals surface area contributed by atoms with E-state index in [0.29, 0.717) is 34.4 Å². The summed E-state index contributed by atoms with van der Waals surface area (Å²) in [5.74, 6) is 1.63. The number of aromatic nitrogens is 4. The summed E-state index contributed by atoms with van der Waals surface area (Å²) in [5.41, 5.74) is 1.76. The third-order valence-electron chi connectivity index (χ3n) is 4.76. The second-order valence-electron chi connectivity index (χ2n) is 6.81. The van der Waals surface area contributed by atoms with E-state index in [4.69, 9.17) is 9.51 Å². The Labute approximate surface area is 186 Å². The summed E-state index contributed by atoms with van der Waals surface area (Å²) in [4.78, 5) is 24.5. The zero-order chi connectivity index (χ0) is 21.2. The van der Waals surface area contributed by atoms with Crippen molar-refractivity contribution in [2.24, 2.45) is 0 Å². The second-order valence-corrected chi connectivity index (χ2v) is 8.79. The van der Waals surface area contributed by atoms with Crippen LogP contribution in [0, 0.1) is 0 Å². The van der Waals surface area contributed by atoms with Gasteiger partial charge < -0.3 is 4.52 Å². The van der Waals surface area contributed by atoms with Crippen LogP contribution in [-0.4, -0.2) is 19.7 Å². The van der Waals surface area contributed by atoms with E-state index < -0.39 is 0 Å². The second kappa shape index (κ2) is 8.49. The minimum absolute atomic E-state index is 0.0862. The minimum Gasteiger partial charge on any atom is -0.338 e. The van der Waals surface area contributed by atoms with Gasteiger partial charge in [-0.2, -0.15) is 4.98 Å². The molecule has 2 aromatic carbocycles. The van der Waals surface area contributed by atoms with Gasteiger partial charge in [0.15, 0.2) is 11.0 Å². The van der Waals surface area contributed by atoms with Gasteiger partial charge in [-0.05, 0) is 23.8 Å². The number of para-hydroxylation sites is 1. The van der Waals surface area contributed by atoms with Crippen molar-refractivity contribution in [3.8, 4) is 16.1 Å². The van der Waals surface area contributed by atoms with Crippen LogP contribution in [0.3, 0.4) is 0 Å². The Hall–Kier alpha value is -3.23. The minimum atomic E-state index is -0.0862. The van der Waals surface area contributed by atoms with E-state index in [0.717, 1.165) is 21.0 Å². The maximum Gasteiger partial charge on any atom is 0.267 e. The molecule has 0 radical (unpaired) electrons. The Balaban J connectivity index is 1.62. The van der Waals surface area contributed by atoms with Gasteiger partial charge in [-0.1, -0.05) is 72.4 Å². The molecule has 0 amide bonds. The van der Waals surface area contributed by atoms with Gasteiger partial charge in [0.1, 0.15) is 4.83 Å². The normalized spacial score (nSPS) is 11.3. The number of hydrogen-bond donors (Lipinski definition) is 0. The largest absolute Gasteiger partial charge is 0.338 e. The summed E-state index contributed by atoms with van der Waals surface area (Å²) in [6.07, 6.45) is 0.713. The number of hydrogen-bond acceptors (Lipinski definition) is 7. The van der Waals surface area contributed by atoms with Crippen molar-refractivity contribution in [1.82, 2.24) is 19.7 Å². The zero-order valence-corrected chi connectivity index (χ0v) is 18.3. The fourth-order valence-corrected chi connectivity index (χ4v) is 5.15. The molecule has 0 N–H and O–H groups in total. The third kappa shape index (κ3) is 3.92. The highest BCUT2D eigenvalue weighted by molar-refractivity contribution is 7.98. The number of benzene rings is 2. The molecule has 154 valence electrons. The molecule has 31 heavy (non-hydrogen) atoms. The molecule has 0 spiro atoms. The van der Waals surface area contributed by atoms with E-state index in [1.807, 2.05) is 73.7 Å². The van der Waals surface area contributed by atoms with Crippen LogP contribution in [0.5, 0.6) is 0 Å². The van der Waals surface area contributed by atoms with Gasteiger partial charge in [0.05, 0.1) is 16.8 Å². The average Bonchev–Trinajstić information content (AvgIpc) is 3.46. The van der Waals surface area contributed by atoms with E-state index >= 15 is 0 Å². The van der Waals surface area contributed by atoms with Crippen molar-refractivity contribution in [3.05, 3.63) is 88.8 Å². The molecule has 0 fully saturated rings. The van der Waals surface area contributed by atoms with Crippen molar-refractivity contribution < 1.29 is 4.52 Å². The number of thioether (sulfide) groups is 1. The Bertz CT molecular complexity index is 1390. The SMILES string of the molecule is CCc1noc(CSc2nc3sc(-c4ccccc4)cc3c(=O)n2-c2ccccc2)n1. The smallest absolute Gasteiger partial charge is 0.267 e. The van der Waals surface area contributed by atoms with E-state index in [1.165, 1.54) is 23.1 Å². The molecule has 0 aliphatic heterocycles. The molecule has 0 atom stereocenters. The maximum absolute atomic E-state index is 13.5. The summed E-state index contributed by atoms with van der Waals surface area (Å²) >= 11 is 2.94. The molecule has 0 saturated heterocycles. The molecule has 5 aromatic rings. The molecule has 0 unspecified atom stereocenters. The Morgan fingerprint density at radius 2 is 1.77 bits per heavy atom. The molecule has 0 bridgehead atoms. The number of thiophene rings is 1. The highest BCUT2D eigenvalue weighted by Crippen LogP contribution is 2.33. The summed E-state index contributed by atoms with van der Waals surface area (Å²) in [6, 6.07) is 21.5. The molecule has 3 heterocycles. The molecule has 6 nitrogen and oxygen atoms in total. The van der Waals surface area contributed by atoms with Gasteiger partial charge >= 0.3 is 0 Å². The number of fused-ring (bicyclic) bond motifs is 1. The van der Waals surface area contributed by atoms with Crippen molar-refractivity contribution in [2.45, 2.75) is 24.3 Å². The van der Waals surface area contributed by atoms with E-state index in [-0.39, 0.29) is 5.56 Å². The van der Waals surface area contributed by atoms with Gasteiger partial charge in [0.25, 0.3) is 5.56 Å². The summed E-state index contributed by atoms with van der Waals surface area (Å²) in [7, 11) is 0. The van der Waals surface area contributed by atoms with Crippen LogP contribution in [0.2, 0.25) is 0 Å². The lowest BCUT2D eigenvalue weighted by molar-refractivity contribution is 0.385. The summed E-state index contributed by atoms with van der Waals surface area (Å²) in [5, 5.41) is 5.16. The van der Waals surface area contributed by atoms with Crippen molar-refractivity contribution in [1.29, 1.82) is 0 Å². The third-order valence-corrected chi connectivity index (χ3v) is 6.76. The van der Waals surface area contributed by atoms with E-state index in [2.05, 4.69) is 10.1 Å². The molecule has 8 heteroatoms. The monoisotopic (exact) mass is 446 g/mol.